The Bertz CT molecular complexity index is 862. The molecule has 8 nitrogen and oxygen atoms in total. The Morgan fingerprint density at radius 3 is 2.64 bits per heavy atom. The number of amides is 1. The van der Waals surface area contributed by atoms with Gasteiger partial charge >= 0.3 is 0 Å². The van der Waals surface area contributed by atoms with Crippen molar-refractivity contribution in [3.63, 3.8) is 0 Å². The van der Waals surface area contributed by atoms with Crippen molar-refractivity contribution in [2.45, 2.75) is 13.8 Å². The Kier molecular flexibility index (Phi) is 5.33. The van der Waals surface area contributed by atoms with E-state index >= 15 is 0 Å². The molecule has 0 aliphatic carbocycles. The minimum Gasteiger partial charge on any atom is -0.496 e. The minimum atomic E-state index is -0.612. The number of hydrogen-bond donors (Lipinski definition) is 2. The first-order valence-electron chi connectivity index (χ1n) is 7.36. The average molecular weight is 342 g/mol. The number of methoxy groups -OCH3 is 1. The van der Waals surface area contributed by atoms with Crippen molar-refractivity contribution in [2.75, 3.05) is 12.8 Å². The molecule has 130 valence electrons. The zero-order chi connectivity index (χ0) is 18.6. The minimum absolute atomic E-state index is 0.0551. The molecule has 0 saturated carbocycles. The van der Waals surface area contributed by atoms with Crippen LogP contribution in [0.4, 0.5) is 11.4 Å². The average Bonchev–Trinajstić information content (AvgIpc) is 2.58. The van der Waals surface area contributed by atoms with Gasteiger partial charge in [-0.15, -0.1) is 0 Å². The number of benzene rings is 2. The number of nitro benzene ring substituents is 1. The molecular weight excluding hydrogens is 324 g/mol. The third-order valence-electron chi connectivity index (χ3n) is 3.48. The lowest BCUT2D eigenvalue weighted by molar-refractivity contribution is -0.384. The molecule has 0 aliphatic heterocycles. The summed E-state index contributed by atoms with van der Waals surface area (Å²) in [5.74, 6) is 0.0297. The highest BCUT2D eigenvalue weighted by atomic mass is 16.6. The Labute approximate surface area is 144 Å². The summed E-state index contributed by atoms with van der Waals surface area (Å²) in [5, 5.41) is 14.9. The number of carbonyl (C=O) groups is 1. The van der Waals surface area contributed by atoms with Gasteiger partial charge in [0.1, 0.15) is 5.75 Å². The van der Waals surface area contributed by atoms with E-state index in [1.807, 2.05) is 25.1 Å². The third-order valence-corrected chi connectivity index (χ3v) is 3.48. The predicted octanol–water partition coefficient (Wildman–Crippen LogP) is 2.65. The van der Waals surface area contributed by atoms with E-state index in [4.69, 9.17) is 10.5 Å². The molecule has 25 heavy (non-hydrogen) atoms. The molecule has 2 rings (SSSR count). The largest absolute Gasteiger partial charge is 0.496 e. The molecule has 0 unspecified atom stereocenters. The molecule has 0 radical (unpaired) electrons. The molecule has 0 bridgehead atoms. The van der Waals surface area contributed by atoms with Crippen molar-refractivity contribution < 1.29 is 14.5 Å². The number of non-ortho nitro benzene ring substituents is 1. The van der Waals surface area contributed by atoms with Crippen LogP contribution in [0.15, 0.2) is 41.5 Å². The second kappa shape index (κ2) is 7.43. The quantitative estimate of drug-likeness (QED) is 0.374. The van der Waals surface area contributed by atoms with Crippen molar-refractivity contribution in [1.82, 2.24) is 5.43 Å². The lowest BCUT2D eigenvalue weighted by Gasteiger charge is -2.09. The fourth-order valence-corrected chi connectivity index (χ4v) is 2.24. The molecular formula is C17H18N4O4. The van der Waals surface area contributed by atoms with E-state index in [0.29, 0.717) is 11.5 Å². The van der Waals surface area contributed by atoms with Crippen molar-refractivity contribution in [2.24, 2.45) is 5.10 Å². The summed E-state index contributed by atoms with van der Waals surface area (Å²) in [6.45, 7) is 3.65. The zero-order valence-electron chi connectivity index (χ0n) is 14.1. The van der Waals surface area contributed by atoms with Crippen LogP contribution in [0.3, 0.4) is 0 Å². The first-order valence-corrected chi connectivity index (χ1v) is 7.36. The lowest BCUT2D eigenvalue weighted by atomic mass is 10.1. The van der Waals surface area contributed by atoms with Crippen LogP contribution in [-0.4, -0.2) is 23.7 Å². The van der Waals surface area contributed by atoms with Gasteiger partial charge in [-0.1, -0.05) is 11.6 Å². The highest BCUT2D eigenvalue weighted by molar-refractivity contribution is 6.03. The van der Waals surface area contributed by atoms with Crippen molar-refractivity contribution in [3.8, 4) is 5.75 Å². The number of hydrazone groups is 1. The van der Waals surface area contributed by atoms with E-state index in [2.05, 4.69) is 10.5 Å². The Hall–Kier alpha value is -3.42. The van der Waals surface area contributed by atoms with Gasteiger partial charge in [0, 0.05) is 23.4 Å². The fraction of sp³-hybridized carbons (Fsp3) is 0.176. The number of ether oxygens (including phenoxy) is 1. The molecule has 0 heterocycles. The van der Waals surface area contributed by atoms with Crippen LogP contribution in [0.5, 0.6) is 5.75 Å². The van der Waals surface area contributed by atoms with E-state index in [1.54, 1.807) is 14.0 Å². The molecule has 0 aliphatic rings. The van der Waals surface area contributed by atoms with Crippen molar-refractivity contribution in [3.05, 3.63) is 63.2 Å². The number of hydrogen-bond acceptors (Lipinski definition) is 6. The van der Waals surface area contributed by atoms with Crippen LogP contribution in [0.2, 0.25) is 0 Å². The number of anilines is 1. The molecule has 0 aromatic heterocycles. The van der Waals surface area contributed by atoms with E-state index in [-0.39, 0.29) is 16.9 Å². The summed E-state index contributed by atoms with van der Waals surface area (Å²) in [7, 11) is 1.55. The summed E-state index contributed by atoms with van der Waals surface area (Å²) in [4.78, 5) is 22.4. The maximum Gasteiger partial charge on any atom is 0.272 e. The standard InChI is InChI=1S/C17H18N4O4/c1-10-4-5-16(25-3)15(6-10)11(2)19-20-17(22)12-7-13(18)9-14(8-12)21(23)24/h4-9H,18H2,1-3H3,(H,20,22)/b19-11-. The summed E-state index contributed by atoms with van der Waals surface area (Å²) in [6, 6.07) is 9.27. The number of carbonyl (C=O) groups excluding carboxylic acids is 1. The van der Waals surface area contributed by atoms with Gasteiger partial charge in [0.2, 0.25) is 0 Å². The molecule has 8 heteroatoms. The van der Waals surface area contributed by atoms with Crippen molar-refractivity contribution >= 4 is 23.0 Å². The molecule has 3 N–H and O–H groups in total. The monoisotopic (exact) mass is 342 g/mol. The number of rotatable bonds is 5. The summed E-state index contributed by atoms with van der Waals surface area (Å²) in [5.41, 5.74) is 10.2. The molecule has 2 aromatic rings. The Morgan fingerprint density at radius 2 is 2.00 bits per heavy atom. The molecule has 2 aromatic carbocycles. The highest BCUT2D eigenvalue weighted by Crippen LogP contribution is 2.21. The molecule has 0 saturated heterocycles. The van der Waals surface area contributed by atoms with Gasteiger partial charge in [-0.3, -0.25) is 14.9 Å². The van der Waals surface area contributed by atoms with Gasteiger partial charge in [-0.25, -0.2) is 5.43 Å². The summed E-state index contributed by atoms with van der Waals surface area (Å²) >= 11 is 0. The second-order valence-electron chi connectivity index (χ2n) is 5.41. The number of nitrogen functional groups attached to an aromatic ring is 1. The van der Waals surface area contributed by atoms with Crippen LogP contribution in [0.25, 0.3) is 0 Å². The first-order chi connectivity index (χ1) is 11.8. The van der Waals surface area contributed by atoms with Gasteiger partial charge in [0.25, 0.3) is 11.6 Å². The predicted molar refractivity (Wildman–Crippen MR) is 94.9 cm³/mol. The van der Waals surface area contributed by atoms with Crippen LogP contribution in [0, 0.1) is 17.0 Å². The number of nitrogens with one attached hydrogen (secondary N) is 1. The van der Waals surface area contributed by atoms with E-state index in [1.165, 1.54) is 12.1 Å². The van der Waals surface area contributed by atoms with Crippen LogP contribution < -0.4 is 15.9 Å². The van der Waals surface area contributed by atoms with Crippen LogP contribution in [0.1, 0.15) is 28.4 Å². The normalized spacial score (nSPS) is 11.1. The van der Waals surface area contributed by atoms with Gasteiger partial charge < -0.3 is 10.5 Å². The van der Waals surface area contributed by atoms with E-state index in [9.17, 15) is 14.9 Å². The van der Waals surface area contributed by atoms with E-state index < -0.39 is 10.8 Å². The SMILES string of the molecule is COc1ccc(C)cc1/C(C)=N\NC(=O)c1cc(N)cc([N+](=O)[O-])c1. The number of nitrogens with two attached hydrogens (primary N) is 1. The van der Waals surface area contributed by atoms with Crippen molar-refractivity contribution in [1.29, 1.82) is 0 Å². The molecule has 1 amide bonds. The topological polar surface area (TPSA) is 120 Å². The summed E-state index contributed by atoms with van der Waals surface area (Å²) < 4.78 is 5.29. The maximum absolute atomic E-state index is 12.2. The zero-order valence-corrected chi connectivity index (χ0v) is 14.1. The molecule has 0 fully saturated rings. The number of nitrogens with zero attached hydrogens (tertiary/aromatic N) is 2. The highest BCUT2D eigenvalue weighted by Gasteiger charge is 2.14. The fourth-order valence-electron chi connectivity index (χ4n) is 2.24. The first kappa shape index (κ1) is 17.9. The van der Waals surface area contributed by atoms with Crippen LogP contribution >= 0.6 is 0 Å². The smallest absolute Gasteiger partial charge is 0.272 e. The van der Waals surface area contributed by atoms with Crippen LogP contribution in [-0.2, 0) is 0 Å². The van der Waals surface area contributed by atoms with Gasteiger partial charge in [0.05, 0.1) is 23.3 Å². The molecule has 0 spiro atoms. The number of nitro groups is 1. The van der Waals surface area contributed by atoms with Gasteiger partial charge in [-0.05, 0) is 32.0 Å². The lowest BCUT2D eigenvalue weighted by Crippen LogP contribution is -2.20. The summed E-state index contributed by atoms with van der Waals surface area (Å²) in [6.07, 6.45) is 0. The third kappa shape index (κ3) is 4.31. The number of aryl methyl sites for hydroxylation is 1. The van der Waals surface area contributed by atoms with Gasteiger partial charge in [-0.2, -0.15) is 5.10 Å². The molecule has 0 atom stereocenters. The second-order valence-corrected chi connectivity index (χ2v) is 5.41. The maximum atomic E-state index is 12.2. The van der Waals surface area contributed by atoms with Gasteiger partial charge in [0.15, 0.2) is 0 Å². The Morgan fingerprint density at radius 1 is 1.28 bits per heavy atom. The van der Waals surface area contributed by atoms with E-state index in [0.717, 1.165) is 17.2 Å². The Balaban J connectivity index is 2.25.